The van der Waals surface area contributed by atoms with Gasteiger partial charge in [-0.3, -0.25) is 4.79 Å². The number of aliphatic hydroxyl groups excluding tert-OH is 1. The molecule has 0 fully saturated rings. The molecule has 0 radical (unpaired) electrons. The molecule has 0 heterocycles. The van der Waals surface area contributed by atoms with E-state index in [2.05, 4.69) is 10.1 Å². The molecule has 0 saturated heterocycles. The first-order valence-corrected chi connectivity index (χ1v) is 6.15. The zero-order valence-electron chi connectivity index (χ0n) is 10.2. The molecule has 104 valence electrons. The van der Waals surface area contributed by atoms with Gasteiger partial charge in [0, 0.05) is 0 Å². The molecule has 1 atom stereocenters. The lowest BCUT2D eigenvalue weighted by atomic mass is 10.1. The maximum Gasteiger partial charge on any atom is 0.330 e. The Bertz CT molecular complexity index is 479. The lowest BCUT2D eigenvalue weighted by Gasteiger charge is -2.13. The van der Waals surface area contributed by atoms with Crippen LogP contribution in [0.15, 0.2) is 18.2 Å². The Morgan fingerprint density at radius 3 is 2.58 bits per heavy atom. The zero-order valence-corrected chi connectivity index (χ0v) is 11.7. The maximum absolute atomic E-state index is 11.7. The molecule has 0 aliphatic carbocycles. The summed E-state index contributed by atoms with van der Waals surface area (Å²) >= 11 is 11.6. The van der Waals surface area contributed by atoms with Gasteiger partial charge in [0.1, 0.15) is 0 Å². The number of esters is 1. The van der Waals surface area contributed by atoms with Crippen LogP contribution < -0.4 is 5.32 Å². The number of carbonyl (C=O) groups excluding carboxylic acids is 2. The molecule has 1 unspecified atom stereocenters. The van der Waals surface area contributed by atoms with Crippen LogP contribution in [0, 0.1) is 0 Å². The van der Waals surface area contributed by atoms with Crippen molar-refractivity contribution >= 4 is 35.1 Å². The van der Waals surface area contributed by atoms with Gasteiger partial charge in [0.05, 0.1) is 30.2 Å². The second-order valence-electron chi connectivity index (χ2n) is 3.75. The molecule has 1 rings (SSSR count). The number of amides is 1. The summed E-state index contributed by atoms with van der Waals surface area (Å²) in [6, 6.07) is 3.73. The molecule has 19 heavy (non-hydrogen) atoms. The third kappa shape index (κ3) is 4.70. The SMILES string of the molecule is COC(=O)C(CO)NC(=O)Cc1ccc(Cl)c(Cl)c1. The summed E-state index contributed by atoms with van der Waals surface area (Å²) in [7, 11) is 1.18. The van der Waals surface area contributed by atoms with Crippen molar-refractivity contribution in [3.63, 3.8) is 0 Å². The van der Waals surface area contributed by atoms with Crippen molar-refractivity contribution in [3.8, 4) is 0 Å². The van der Waals surface area contributed by atoms with Crippen LogP contribution in [0.25, 0.3) is 0 Å². The number of benzene rings is 1. The number of halogens is 2. The molecule has 1 amide bonds. The van der Waals surface area contributed by atoms with Crippen LogP contribution in [0.5, 0.6) is 0 Å². The van der Waals surface area contributed by atoms with Crippen LogP contribution in [-0.2, 0) is 20.7 Å². The van der Waals surface area contributed by atoms with Crippen LogP contribution in [0.3, 0.4) is 0 Å². The Balaban J connectivity index is 2.64. The lowest BCUT2D eigenvalue weighted by molar-refractivity contribution is -0.146. The second kappa shape index (κ2) is 7.33. The van der Waals surface area contributed by atoms with Crippen molar-refractivity contribution < 1.29 is 19.4 Å². The second-order valence-corrected chi connectivity index (χ2v) is 4.57. The Labute approximate surface area is 120 Å². The number of hydrogen-bond donors (Lipinski definition) is 2. The van der Waals surface area contributed by atoms with Gasteiger partial charge in [-0.2, -0.15) is 0 Å². The first kappa shape index (κ1) is 15.8. The predicted octanol–water partition coefficient (Wildman–Crippen LogP) is 1.19. The minimum Gasteiger partial charge on any atom is -0.467 e. The average Bonchev–Trinajstić information content (AvgIpc) is 2.39. The zero-order chi connectivity index (χ0) is 14.4. The monoisotopic (exact) mass is 305 g/mol. The number of methoxy groups -OCH3 is 1. The molecular weight excluding hydrogens is 293 g/mol. The number of rotatable bonds is 5. The summed E-state index contributed by atoms with van der Waals surface area (Å²) in [5, 5.41) is 12.1. The van der Waals surface area contributed by atoms with Crippen molar-refractivity contribution in [2.45, 2.75) is 12.5 Å². The number of ether oxygens (including phenoxy) is 1. The summed E-state index contributed by atoms with van der Waals surface area (Å²) in [5.74, 6) is -1.13. The molecule has 0 saturated carbocycles. The van der Waals surface area contributed by atoms with Gasteiger partial charge < -0.3 is 15.2 Å². The smallest absolute Gasteiger partial charge is 0.330 e. The van der Waals surface area contributed by atoms with Crippen LogP contribution in [-0.4, -0.2) is 36.7 Å². The van der Waals surface area contributed by atoms with E-state index in [1.54, 1.807) is 18.2 Å². The predicted molar refractivity (Wildman–Crippen MR) is 71.2 cm³/mol. The Morgan fingerprint density at radius 1 is 1.37 bits per heavy atom. The summed E-state index contributed by atoms with van der Waals surface area (Å²) in [5.41, 5.74) is 0.647. The molecule has 2 N–H and O–H groups in total. The van der Waals surface area contributed by atoms with E-state index >= 15 is 0 Å². The van der Waals surface area contributed by atoms with E-state index in [1.807, 2.05) is 0 Å². The van der Waals surface area contributed by atoms with E-state index in [4.69, 9.17) is 28.3 Å². The van der Waals surface area contributed by atoms with Crippen LogP contribution in [0.4, 0.5) is 0 Å². The third-order valence-corrected chi connectivity index (χ3v) is 3.09. The Kier molecular flexibility index (Phi) is 6.08. The molecule has 0 aliphatic heterocycles. The lowest BCUT2D eigenvalue weighted by Crippen LogP contribution is -2.44. The van der Waals surface area contributed by atoms with E-state index < -0.39 is 24.5 Å². The molecule has 0 spiro atoms. The minimum absolute atomic E-state index is 0.0182. The summed E-state index contributed by atoms with van der Waals surface area (Å²) < 4.78 is 4.44. The third-order valence-electron chi connectivity index (χ3n) is 2.35. The quantitative estimate of drug-likeness (QED) is 0.801. The number of nitrogens with one attached hydrogen (secondary N) is 1. The van der Waals surface area contributed by atoms with Gasteiger partial charge in [0.2, 0.25) is 5.91 Å². The van der Waals surface area contributed by atoms with E-state index in [1.165, 1.54) is 7.11 Å². The molecule has 7 heteroatoms. The molecule has 1 aromatic carbocycles. The fraction of sp³-hybridized carbons (Fsp3) is 0.333. The number of aliphatic hydroxyl groups is 1. The average molecular weight is 306 g/mol. The fourth-order valence-electron chi connectivity index (χ4n) is 1.40. The van der Waals surface area contributed by atoms with Gasteiger partial charge in [-0.25, -0.2) is 4.79 Å². The van der Waals surface area contributed by atoms with Crippen molar-refractivity contribution in [1.29, 1.82) is 0 Å². The molecule has 0 aromatic heterocycles. The highest BCUT2D eigenvalue weighted by atomic mass is 35.5. The Hall–Kier alpha value is -1.30. The van der Waals surface area contributed by atoms with Crippen LogP contribution >= 0.6 is 23.2 Å². The van der Waals surface area contributed by atoms with Crippen LogP contribution in [0.2, 0.25) is 10.0 Å². The van der Waals surface area contributed by atoms with Gasteiger partial charge >= 0.3 is 5.97 Å². The van der Waals surface area contributed by atoms with E-state index in [-0.39, 0.29) is 6.42 Å². The van der Waals surface area contributed by atoms with E-state index in [9.17, 15) is 9.59 Å². The normalized spacial score (nSPS) is 11.8. The molecule has 5 nitrogen and oxygen atoms in total. The first-order chi connectivity index (χ1) is 8.97. The van der Waals surface area contributed by atoms with Crippen molar-refractivity contribution in [2.24, 2.45) is 0 Å². The Morgan fingerprint density at radius 2 is 2.05 bits per heavy atom. The molecule has 1 aromatic rings. The number of hydrogen-bond acceptors (Lipinski definition) is 4. The number of carbonyl (C=O) groups is 2. The highest BCUT2D eigenvalue weighted by Crippen LogP contribution is 2.22. The van der Waals surface area contributed by atoms with Crippen molar-refractivity contribution in [1.82, 2.24) is 5.32 Å². The van der Waals surface area contributed by atoms with E-state index in [0.717, 1.165) is 0 Å². The highest BCUT2D eigenvalue weighted by Gasteiger charge is 2.20. The van der Waals surface area contributed by atoms with Crippen molar-refractivity contribution in [2.75, 3.05) is 13.7 Å². The highest BCUT2D eigenvalue weighted by molar-refractivity contribution is 6.42. The first-order valence-electron chi connectivity index (χ1n) is 5.40. The maximum atomic E-state index is 11.7. The van der Waals surface area contributed by atoms with Gasteiger partial charge in [0.15, 0.2) is 6.04 Å². The fourth-order valence-corrected chi connectivity index (χ4v) is 1.72. The van der Waals surface area contributed by atoms with Gasteiger partial charge in [-0.05, 0) is 17.7 Å². The molecule has 0 aliphatic rings. The van der Waals surface area contributed by atoms with E-state index in [0.29, 0.717) is 15.6 Å². The standard InChI is InChI=1S/C12H13Cl2NO4/c1-19-12(18)10(6-16)15-11(17)5-7-2-3-8(13)9(14)4-7/h2-4,10,16H,5-6H2,1H3,(H,15,17). The summed E-state index contributed by atoms with van der Waals surface area (Å²) in [6.07, 6.45) is 0.0182. The van der Waals surface area contributed by atoms with Crippen molar-refractivity contribution in [3.05, 3.63) is 33.8 Å². The summed E-state index contributed by atoms with van der Waals surface area (Å²) in [4.78, 5) is 22.9. The largest absolute Gasteiger partial charge is 0.467 e. The molecule has 0 bridgehead atoms. The topological polar surface area (TPSA) is 75.6 Å². The van der Waals surface area contributed by atoms with Gasteiger partial charge in [-0.15, -0.1) is 0 Å². The van der Waals surface area contributed by atoms with Gasteiger partial charge in [0.25, 0.3) is 0 Å². The van der Waals surface area contributed by atoms with Gasteiger partial charge in [-0.1, -0.05) is 29.3 Å². The van der Waals surface area contributed by atoms with Crippen LogP contribution in [0.1, 0.15) is 5.56 Å². The summed E-state index contributed by atoms with van der Waals surface area (Å²) in [6.45, 7) is -0.528. The molecular formula is C12H13Cl2NO4. The minimum atomic E-state index is -1.07.